The van der Waals surface area contributed by atoms with Gasteiger partial charge in [0.25, 0.3) is 0 Å². The van der Waals surface area contributed by atoms with Gasteiger partial charge in [-0.25, -0.2) is 4.39 Å². The van der Waals surface area contributed by atoms with Crippen LogP contribution >= 0.6 is 0 Å². The van der Waals surface area contributed by atoms with Crippen LogP contribution in [-0.2, 0) is 6.42 Å². The van der Waals surface area contributed by atoms with Gasteiger partial charge >= 0.3 is 0 Å². The predicted octanol–water partition coefficient (Wildman–Crippen LogP) is 2.53. The molecule has 0 unspecified atom stereocenters. The van der Waals surface area contributed by atoms with Gasteiger partial charge in [0.1, 0.15) is 12.3 Å². The van der Waals surface area contributed by atoms with Crippen LogP contribution in [0.4, 0.5) is 4.39 Å². The lowest BCUT2D eigenvalue weighted by Gasteiger charge is -2.11. The lowest BCUT2D eigenvalue weighted by Crippen LogP contribution is -2.29. The number of hydrogen-bond acceptors (Lipinski definition) is 2. The average Bonchev–Trinajstić information content (AvgIpc) is 2.73. The fourth-order valence-corrected chi connectivity index (χ4v) is 1.64. The number of likely N-dealkylation sites (N-methyl/N-ethyl adjacent to an activating group) is 1. The molecule has 0 amide bonds. The standard InChI is InChI=1S/C12H14FNO/c1-14-11(8-13)6-9-2-3-10-4-5-15-12(10)7-9/h2-5,7,11,14H,6,8H2,1H3/t11-/m0/s1. The molecule has 2 rings (SSSR count). The van der Waals surface area contributed by atoms with Gasteiger partial charge in [-0.1, -0.05) is 12.1 Å². The van der Waals surface area contributed by atoms with Crippen LogP contribution < -0.4 is 5.32 Å². The van der Waals surface area contributed by atoms with E-state index in [0.29, 0.717) is 6.42 Å². The molecule has 3 heteroatoms. The number of rotatable bonds is 4. The minimum atomic E-state index is -0.354. The third-order valence-electron chi connectivity index (χ3n) is 2.60. The molecule has 80 valence electrons. The maximum atomic E-state index is 12.5. The maximum absolute atomic E-state index is 12.5. The monoisotopic (exact) mass is 207 g/mol. The first-order valence-electron chi connectivity index (χ1n) is 5.03. The van der Waals surface area contributed by atoms with Crippen LogP contribution in [0.25, 0.3) is 11.0 Å². The van der Waals surface area contributed by atoms with E-state index in [1.165, 1.54) is 0 Å². The zero-order chi connectivity index (χ0) is 10.7. The summed E-state index contributed by atoms with van der Waals surface area (Å²) >= 11 is 0. The van der Waals surface area contributed by atoms with Gasteiger partial charge in [0.05, 0.1) is 6.26 Å². The topological polar surface area (TPSA) is 25.2 Å². The van der Waals surface area contributed by atoms with E-state index in [9.17, 15) is 4.39 Å². The molecule has 0 spiro atoms. The fraction of sp³-hybridized carbons (Fsp3) is 0.333. The molecule has 0 radical (unpaired) electrons. The first-order valence-corrected chi connectivity index (χ1v) is 5.03. The van der Waals surface area contributed by atoms with Gasteiger partial charge in [0, 0.05) is 11.4 Å². The van der Waals surface area contributed by atoms with E-state index in [0.717, 1.165) is 16.5 Å². The molecule has 2 nitrogen and oxygen atoms in total. The lowest BCUT2D eigenvalue weighted by molar-refractivity contribution is 0.389. The van der Waals surface area contributed by atoms with Crippen molar-refractivity contribution >= 4 is 11.0 Å². The second-order valence-corrected chi connectivity index (χ2v) is 3.64. The average molecular weight is 207 g/mol. The molecule has 0 saturated carbocycles. The molecular weight excluding hydrogens is 193 g/mol. The van der Waals surface area contributed by atoms with E-state index in [4.69, 9.17) is 4.42 Å². The van der Waals surface area contributed by atoms with Crippen molar-refractivity contribution in [2.75, 3.05) is 13.7 Å². The van der Waals surface area contributed by atoms with Crippen molar-refractivity contribution in [2.45, 2.75) is 12.5 Å². The van der Waals surface area contributed by atoms with Crippen molar-refractivity contribution in [3.05, 3.63) is 36.1 Å². The largest absolute Gasteiger partial charge is 0.464 e. The predicted molar refractivity (Wildman–Crippen MR) is 58.7 cm³/mol. The molecule has 2 aromatic rings. The van der Waals surface area contributed by atoms with Crippen LogP contribution in [0, 0.1) is 0 Å². The van der Waals surface area contributed by atoms with Crippen molar-refractivity contribution < 1.29 is 8.81 Å². The van der Waals surface area contributed by atoms with Crippen LogP contribution in [0.5, 0.6) is 0 Å². The summed E-state index contributed by atoms with van der Waals surface area (Å²) in [6.07, 6.45) is 2.35. The highest BCUT2D eigenvalue weighted by molar-refractivity contribution is 5.77. The van der Waals surface area contributed by atoms with Crippen molar-refractivity contribution in [3.63, 3.8) is 0 Å². The number of fused-ring (bicyclic) bond motifs is 1. The Hall–Kier alpha value is -1.35. The first-order chi connectivity index (χ1) is 7.33. The Bertz CT molecular complexity index is 434. The zero-order valence-electron chi connectivity index (χ0n) is 8.66. The molecule has 1 aromatic heterocycles. The molecule has 1 aromatic carbocycles. The third kappa shape index (κ3) is 2.18. The molecule has 0 fully saturated rings. The summed E-state index contributed by atoms with van der Waals surface area (Å²) < 4.78 is 17.8. The van der Waals surface area contributed by atoms with Crippen molar-refractivity contribution in [3.8, 4) is 0 Å². The van der Waals surface area contributed by atoms with E-state index in [2.05, 4.69) is 5.32 Å². The molecule has 0 aliphatic rings. The Morgan fingerprint density at radius 3 is 3.00 bits per heavy atom. The first kappa shape index (κ1) is 10.2. The Labute approximate surface area is 88.1 Å². The van der Waals surface area contributed by atoms with E-state index in [1.807, 2.05) is 24.3 Å². The number of hydrogen-bond donors (Lipinski definition) is 1. The van der Waals surface area contributed by atoms with Gasteiger partial charge in [-0.3, -0.25) is 0 Å². The molecule has 1 atom stereocenters. The Balaban J connectivity index is 2.20. The van der Waals surface area contributed by atoms with Crippen LogP contribution in [0.2, 0.25) is 0 Å². The quantitative estimate of drug-likeness (QED) is 0.833. The fourth-order valence-electron chi connectivity index (χ4n) is 1.64. The molecular formula is C12H14FNO. The molecule has 0 bridgehead atoms. The van der Waals surface area contributed by atoms with Gasteiger partial charge in [0.2, 0.25) is 0 Å². The molecule has 0 aliphatic heterocycles. The van der Waals surface area contributed by atoms with E-state index < -0.39 is 0 Å². The molecule has 15 heavy (non-hydrogen) atoms. The van der Waals surface area contributed by atoms with Crippen molar-refractivity contribution in [2.24, 2.45) is 0 Å². The summed E-state index contributed by atoms with van der Waals surface area (Å²) in [6.45, 7) is -0.354. The summed E-state index contributed by atoms with van der Waals surface area (Å²) in [5, 5.41) is 4.02. The summed E-state index contributed by atoms with van der Waals surface area (Å²) in [5.74, 6) is 0. The smallest absolute Gasteiger partial charge is 0.134 e. The highest BCUT2D eigenvalue weighted by atomic mass is 19.1. The second kappa shape index (κ2) is 4.45. The highest BCUT2D eigenvalue weighted by Crippen LogP contribution is 2.17. The van der Waals surface area contributed by atoms with E-state index in [-0.39, 0.29) is 12.7 Å². The van der Waals surface area contributed by atoms with Crippen molar-refractivity contribution in [1.82, 2.24) is 5.32 Å². The SMILES string of the molecule is CN[C@H](CF)Cc1ccc2ccoc2c1. The number of halogens is 1. The Kier molecular flexibility index (Phi) is 3.02. The highest BCUT2D eigenvalue weighted by Gasteiger charge is 2.07. The summed E-state index contributed by atoms with van der Waals surface area (Å²) in [7, 11) is 1.77. The number of furan rings is 1. The molecule has 1 N–H and O–H groups in total. The molecule has 1 heterocycles. The van der Waals surface area contributed by atoms with Gasteiger partial charge < -0.3 is 9.73 Å². The minimum absolute atomic E-state index is 0.114. The number of nitrogens with one attached hydrogen (secondary N) is 1. The third-order valence-corrected chi connectivity index (χ3v) is 2.60. The van der Waals surface area contributed by atoms with Crippen LogP contribution in [0.3, 0.4) is 0 Å². The normalized spacial score (nSPS) is 13.2. The molecule has 0 saturated heterocycles. The van der Waals surface area contributed by atoms with Crippen LogP contribution in [0.15, 0.2) is 34.9 Å². The van der Waals surface area contributed by atoms with E-state index >= 15 is 0 Å². The second-order valence-electron chi connectivity index (χ2n) is 3.64. The van der Waals surface area contributed by atoms with Gasteiger partial charge in [-0.05, 0) is 31.2 Å². The maximum Gasteiger partial charge on any atom is 0.134 e. The molecule has 0 aliphatic carbocycles. The lowest BCUT2D eigenvalue weighted by atomic mass is 10.1. The summed E-state index contributed by atoms with van der Waals surface area (Å²) in [6, 6.07) is 7.79. The minimum Gasteiger partial charge on any atom is -0.464 e. The van der Waals surface area contributed by atoms with Gasteiger partial charge in [0.15, 0.2) is 0 Å². The number of benzene rings is 1. The van der Waals surface area contributed by atoms with E-state index in [1.54, 1.807) is 13.3 Å². The number of alkyl halides is 1. The van der Waals surface area contributed by atoms with Crippen LogP contribution in [-0.4, -0.2) is 19.8 Å². The summed E-state index contributed by atoms with van der Waals surface area (Å²) in [4.78, 5) is 0. The zero-order valence-corrected chi connectivity index (χ0v) is 8.66. The van der Waals surface area contributed by atoms with Crippen molar-refractivity contribution in [1.29, 1.82) is 0 Å². The van der Waals surface area contributed by atoms with Crippen LogP contribution in [0.1, 0.15) is 5.56 Å². The van der Waals surface area contributed by atoms with Gasteiger partial charge in [-0.2, -0.15) is 0 Å². The van der Waals surface area contributed by atoms with Gasteiger partial charge in [-0.15, -0.1) is 0 Å². The Morgan fingerprint density at radius 1 is 1.40 bits per heavy atom. The Morgan fingerprint density at radius 2 is 2.27 bits per heavy atom. The summed E-state index contributed by atoms with van der Waals surface area (Å²) in [5.41, 5.74) is 1.95.